The van der Waals surface area contributed by atoms with E-state index < -0.39 is 0 Å². The van der Waals surface area contributed by atoms with Gasteiger partial charge in [0.15, 0.2) is 0 Å². The number of benzene rings is 3. The molecule has 3 rings (SSSR count). The summed E-state index contributed by atoms with van der Waals surface area (Å²) in [5.74, 6) is 0.924. The van der Waals surface area contributed by atoms with E-state index >= 15 is 0 Å². The van der Waals surface area contributed by atoms with Crippen molar-refractivity contribution >= 4 is 23.2 Å². The maximum absolute atomic E-state index is 9.85. The molecule has 3 aromatic carbocycles. The van der Waals surface area contributed by atoms with Crippen molar-refractivity contribution in [3.05, 3.63) is 81.3 Å². The summed E-state index contributed by atoms with van der Waals surface area (Å²) >= 11 is 12.7. The lowest BCUT2D eigenvalue weighted by Gasteiger charge is -2.14. The average Bonchev–Trinajstić information content (AvgIpc) is 2.71. The molecule has 3 aromatic rings. The molecule has 0 saturated heterocycles. The molecule has 0 aliphatic heterocycles. The van der Waals surface area contributed by atoms with Crippen LogP contribution < -0.4 is 4.74 Å². The van der Waals surface area contributed by atoms with Crippen LogP contribution in [0.15, 0.2) is 54.6 Å². The Balaban J connectivity index is 0.00000126. The lowest BCUT2D eigenvalue weighted by atomic mass is 9.97. The highest BCUT2D eigenvalue weighted by molar-refractivity contribution is 6.36. The van der Waals surface area contributed by atoms with Gasteiger partial charge in [0.25, 0.3) is 0 Å². The predicted octanol–water partition coefficient (Wildman–Crippen LogP) is 7.30. The molecule has 27 heavy (non-hydrogen) atoms. The highest BCUT2D eigenvalue weighted by Crippen LogP contribution is 2.37. The number of phenolic OH excluding ortho intramolecular Hbond substituents is 1. The van der Waals surface area contributed by atoms with Gasteiger partial charge in [-0.2, -0.15) is 0 Å². The second-order valence-corrected chi connectivity index (χ2v) is 6.66. The Labute approximate surface area is 171 Å². The molecule has 0 amide bonds. The SMILES string of the molecule is CC.COc1ccc(Cc2c(Cl)cc(O)c(C)c2Cl)cc1-c1ccccc1. The summed E-state index contributed by atoms with van der Waals surface area (Å²) in [6.45, 7) is 5.78. The fourth-order valence-corrected chi connectivity index (χ4v) is 3.41. The summed E-state index contributed by atoms with van der Waals surface area (Å²) in [4.78, 5) is 0. The molecule has 4 heteroatoms. The average molecular weight is 403 g/mol. The fourth-order valence-electron chi connectivity index (χ4n) is 2.83. The van der Waals surface area contributed by atoms with Crippen LogP contribution in [0.5, 0.6) is 11.5 Å². The topological polar surface area (TPSA) is 29.5 Å². The van der Waals surface area contributed by atoms with E-state index in [1.807, 2.05) is 56.3 Å². The number of ether oxygens (including phenoxy) is 1. The van der Waals surface area contributed by atoms with Gasteiger partial charge in [-0.15, -0.1) is 0 Å². The number of phenols is 1. The van der Waals surface area contributed by atoms with Gasteiger partial charge in [0, 0.05) is 22.6 Å². The molecule has 2 nitrogen and oxygen atoms in total. The van der Waals surface area contributed by atoms with Crippen molar-refractivity contribution in [2.24, 2.45) is 0 Å². The minimum absolute atomic E-state index is 0.110. The Morgan fingerprint density at radius 3 is 2.26 bits per heavy atom. The molecule has 0 unspecified atom stereocenters. The zero-order chi connectivity index (χ0) is 20.0. The molecule has 0 atom stereocenters. The molecule has 0 aliphatic carbocycles. The molecular weight excluding hydrogens is 379 g/mol. The van der Waals surface area contributed by atoms with Crippen LogP contribution in [0.3, 0.4) is 0 Å². The first-order valence-electron chi connectivity index (χ1n) is 8.90. The lowest BCUT2D eigenvalue weighted by molar-refractivity contribution is 0.416. The molecule has 0 fully saturated rings. The van der Waals surface area contributed by atoms with Crippen LogP contribution in [0.1, 0.15) is 30.5 Å². The first-order chi connectivity index (χ1) is 13.0. The van der Waals surface area contributed by atoms with E-state index in [0.717, 1.165) is 28.0 Å². The Bertz CT molecular complexity index is 906. The summed E-state index contributed by atoms with van der Waals surface area (Å²) in [6, 6.07) is 17.7. The smallest absolute Gasteiger partial charge is 0.126 e. The van der Waals surface area contributed by atoms with Gasteiger partial charge in [0.05, 0.1) is 12.1 Å². The zero-order valence-corrected chi connectivity index (χ0v) is 17.5. The maximum Gasteiger partial charge on any atom is 0.126 e. The number of hydrogen-bond donors (Lipinski definition) is 1. The van der Waals surface area contributed by atoms with Crippen LogP contribution in [-0.2, 0) is 6.42 Å². The normalized spacial score (nSPS) is 10.1. The highest BCUT2D eigenvalue weighted by atomic mass is 35.5. The van der Waals surface area contributed by atoms with Crippen LogP contribution in [0, 0.1) is 6.92 Å². The van der Waals surface area contributed by atoms with E-state index in [4.69, 9.17) is 27.9 Å². The van der Waals surface area contributed by atoms with Crippen molar-refractivity contribution in [3.63, 3.8) is 0 Å². The number of aromatic hydroxyl groups is 1. The van der Waals surface area contributed by atoms with E-state index in [1.54, 1.807) is 20.1 Å². The van der Waals surface area contributed by atoms with E-state index in [1.165, 1.54) is 0 Å². The third-order valence-electron chi connectivity index (χ3n) is 4.26. The summed E-state index contributed by atoms with van der Waals surface area (Å²) < 4.78 is 5.50. The largest absolute Gasteiger partial charge is 0.508 e. The maximum atomic E-state index is 9.85. The molecule has 0 saturated carbocycles. The molecule has 1 N–H and O–H groups in total. The number of hydrogen-bond acceptors (Lipinski definition) is 2. The molecule has 0 aliphatic rings. The van der Waals surface area contributed by atoms with Gasteiger partial charge in [-0.1, -0.05) is 73.4 Å². The lowest BCUT2D eigenvalue weighted by Crippen LogP contribution is -1.96. The van der Waals surface area contributed by atoms with Crippen molar-refractivity contribution < 1.29 is 9.84 Å². The molecule has 0 heterocycles. The van der Waals surface area contributed by atoms with Crippen LogP contribution in [0.25, 0.3) is 11.1 Å². The summed E-state index contributed by atoms with van der Waals surface area (Å²) in [5, 5.41) is 10.8. The van der Waals surface area contributed by atoms with E-state index in [2.05, 4.69) is 6.07 Å². The molecule has 0 aromatic heterocycles. The number of halogens is 2. The van der Waals surface area contributed by atoms with Crippen molar-refractivity contribution in [1.82, 2.24) is 0 Å². The quantitative estimate of drug-likeness (QED) is 0.495. The van der Waals surface area contributed by atoms with Crippen LogP contribution in [-0.4, -0.2) is 12.2 Å². The van der Waals surface area contributed by atoms with Gasteiger partial charge in [-0.05, 0) is 41.8 Å². The first-order valence-corrected chi connectivity index (χ1v) is 9.65. The van der Waals surface area contributed by atoms with Gasteiger partial charge in [-0.25, -0.2) is 0 Å². The van der Waals surface area contributed by atoms with Crippen molar-refractivity contribution in [2.75, 3.05) is 7.11 Å². The first kappa shape index (κ1) is 21.1. The minimum Gasteiger partial charge on any atom is -0.508 e. The van der Waals surface area contributed by atoms with Gasteiger partial charge in [0.2, 0.25) is 0 Å². The van der Waals surface area contributed by atoms with Crippen LogP contribution in [0.4, 0.5) is 0 Å². The number of rotatable bonds is 4. The molecule has 0 spiro atoms. The molecule has 0 bridgehead atoms. The third-order valence-corrected chi connectivity index (χ3v) is 5.11. The van der Waals surface area contributed by atoms with E-state index in [0.29, 0.717) is 22.0 Å². The molecule has 0 radical (unpaired) electrons. The molecular formula is C23H24Cl2O2. The van der Waals surface area contributed by atoms with E-state index in [9.17, 15) is 5.11 Å². The highest BCUT2D eigenvalue weighted by Gasteiger charge is 2.14. The number of methoxy groups -OCH3 is 1. The molecule has 142 valence electrons. The standard InChI is InChI=1S/C21H18Cl2O2.C2H6/c1-13-19(24)12-18(22)17(21(13)23)11-14-8-9-20(25-2)16(10-14)15-6-4-3-5-7-15;1-2/h3-10,12,24H,11H2,1-2H3;1-2H3. The summed E-state index contributed by atoms with van der Waals surface area (Å²) in [6.07, 6.45) is 0.572. The van der Waals surface area contributed by atoms with Gasteiger partial charge < -0.3 is 9.84 Å². The van der Waals surface area contributed by atoms with Gasteiger partial charge >= 0.3 is 0 Å². The van der Waals surface area contributed by atoms with Crippen molar-refractivity contribution in [3.8, 4) is 22.6 Å². The fraction of sp³-hybridized carbons (Fsp3) is 0.217. The Hall–Kier alpha value is -2.16. The Morgan fingerprint density at radius 2 is 1.63 bits per heavy atom. The van der Waals surface area contributed by atoms with E-state index in [-0.39, 0.29) is 5.75 Å². The van der Waals surface area contributed by atoms with Crippen LogP contribution in [0.2, 0.25) is 10.0 Å². The van der Waals surface area contributed by atoms with Crippen LogP contribution >= 0.6 is 23.2 Å². The Morgan fingerprint density at radius 1 is 0.963 bits per heavy atom. The third kappa shape index (κ3) is 4.77. The van der Waals surface area contributed by atoms with Gasteiger partial charge in [0.1, 0.15) is 11.5 Å². The second kappa shape index (κ2) is 9.68. The predicted molar refractivity (Wildman–Crippen MR) is 115 cm³/mol. The van der Waals surface area contributed by atoms with Gasteiger partial charge in [-0.3, -0.25) is 0 Å². The Kier molecular flexibility index (Phi) is 7.58. The van der Waals surface area contributed by atoms with Crippen molar-refractivity contribution in [1.29, 1.82) is 0 Å². The monoisotopic (exact) mass is 402 g/mol. The second-order valence-electron chi connectivity index (χ2n) is 5.87. The summed E-state index contributed by atoms with van der Waals surface area (Å²) in [5.41, 5.74) is 4.61. The van der Waals surface area contributed by atoms with Crippen molar-refractivity contribution in [2.45, 2.75) is 27.2 Å². The summed E-state index contributed by atoms with van der Waals surface area (Å²) in [7, 11) is 1.67. The zero-order valence-electron chi connectivity index (χ0n) is 16.0. The minimum atomic E-state index is 0.110.